The number of phenols is 1. The van der Waals surface area contributed by atoms with E-state index >= 15 is 0 Å². The minimum Gasteiger partial charge on any atom is -0.506 e. The number of hydrogen-bond acceptors (Lipinski definition) is 4. The number of hydrogen-bond donors (Lipinski definition) is 2. The number of benzene rings is 2. The molecule has 0 aliphatic carbocycles. The van der Waals surface area contributed by atoms with Crippen molar-refractivity contribution in [2.75, 3.05) is 0 Å². The average molecular weight is 449 g/mol. The number of aryl methyl sites for hydroxylation is 1. The summed E-state index contributed by atoms with van der Waals surface area (Å²) in [5.41, 5.74) is 0.658. The van der Waals surface area contributed by atoms with Gasteiger partial charge in [-0.2, -0.15) is 8.42 Å². The normalized spacial score (nSPS) is 11.5. The van der Waals surface area contributed by atoms with Gasteiger partial charge in [-0.05, 0) is 36.6 Å². The van der Waals surface area contributed by atoms with Crippen molar-refractivity contribution >= 4 is 10.1 Å². The van der Waals surface area contributed by atoms with Crippen LogP contribution >= 0.6 is 0 Å². The predicted molar refractivity (Wildman–Crippen MR) is 125 cm³/mol. The highest BCUT2D eigenvalue weighted by atomic mass is 32.2. The second-order valence-corrected chi connectivity index (χ2v) is 9.49. The molecule has 0 radical (unpaired) electrons. The molecular weight excluding hydrogens is 412 g/mol. The highest BCUT2D eigenvalue weighted by molar-refractivity contribution is 7.86. The Bertz CT molecular complexity index is 878. The fraction of sp³-hybridized carbons (Fsp3) is 0.520. The van der Waals surface area contributed by atoms with Crippen molar-refractivity contribution < 1.29 is 22.8 Å². The smallest absolute Gasteiger partial charge is 0.298 e. The van der Waals surface area contributed by atoms with Gasteiger partial charge in [-0.15, -0.1) is 0 Å². The first-order valence-corrected chi connectivity index (χ1v) is 12.9. The third-order valence-electron chi connectivity index (χ3n) is 5.44. The van der Waals surface area contributed by atoms with Crippen LogP contribution in [0.3, 0.4) is 0 Å². The third-order valence-corrected chi connectivity index (χ3v) is 6.32. The summed E-state index contributed by atoms with van der Waals surface area (Å²) < 4.78 is 38.5. The third kappa shape index (κ3) is 9.32. The molecule has 0 amide bonds. The van der Waals surface area contributed by atoms with Gasteiger partial charge < -0.3 is 9.84 Å². The van der Waals surface area contributed by atoms with Gasteiger partial charge in [0.1, 0.15) is 22.1 Å². The summed E-state index contributed by atoms with van der Waals surface area (Å²) in [7, 11) is -4.51. The monoisotopic (exact) mass is 448 g/mol. The molecular formula is C25H36O5S. The van der Waals surface area contributed by atoms with E-state index in [-0.39, 0.29) is 0 Å². The summed E-state index contributed by atoms with van der Waals surface area (Å²) in [6.45, 7) is 2.23. The molecule has 2 rings (SSSR count). The average Bonchev–Trinajstić information content (AvgIpc) is 2.73. The maximum absolute atomic E-state index is 11.6. The number of aromatic hydroxyl groups is 1. The highest BCUT2D eigenvalue weighted by Gasteiger charge is 2.19. The first-order valence-electron chi connectivity index (χ1n) is 11.5. The summed E-state index contributed by atoms with van der Waals surface area (Å²) in [5.74, 6) is 0.487. The molecule has 2 N–H and O–H groups in total. The number of phenolic OH excluding ortho intramolecular Hbond substituents is 1. The molecule has 0 spiro atoms. The lowest BCUT2D eigenvalue weighted by Crippen LogP contribution is -2.02. The summed E-state index contributed by atoms with van der Waals surface area (Å²) in [6, 6.07) is 11.7. The van der Waals surface area contributed by atoms with Gasteiger partial charge in [0, 0.05) is 6.07 Å². The molecule has 2 aromatic rings. The van der Waals surface area contributed by atoms with Crippen LogP contribution in [-0.4, -0.2) is 18.1 Å². The topological polar surface area (TPSA) is 83.8 Å². The zero-order valence-corrected chi connectivity index (χ0v) is 19.4. The summed E-state index contributed by atoms with van der Waals surface area (Å²) in [6.07, 6.45) is 14.1. The molecule has 2 aromatic carbocycles. The van der Waals surface area contributed by atoms with Crippen LogP contribution in [0.2, 0.25) is 0 Å². The maximum atomic E-state index is 11.6. The van der Waals surface area contributed by atoms with Crippen LogP contribution in [0.1, 0.15) is 83.1 Å². The van der Waals surface area contributed by atoms with Crippen LogP contribution in [0.15, 0.2) is 47.4 Å². The summed E-state index contributed by atoms with van der Waals surface area (Å²) >= 11 is 0. The van der Waals surface area contributed by atoms with Gasteiger partial charge in [0.2, 0.25) is 0 Å². The minimum atomic E-state index is -4.51. The molecule has 0 heterocycles. The number of unbranched alkanes of at least 4 members (excludes halogenated alkanes) is 10. The Hall–Kier alpha value is -2.05. The zero-order chi connectivity index (χ0) is 22.5. The van der Waals surface area contributed by atoms with Crippen LogP contribution in [0.5, 0.6) is 17.2 Å². The van der Waals surface area contributed by atoms with E-state index in [9.17, 15) is 18.1 Å². The van der Waals surface area contributed by atoms with Gasteiger partial charge in [0.05, 0.1) is 0 Å². The molecule has 31 heavy (non-hydrogen) atoms. The molecule has 0 saturated carbocycles. The Morgan fingerprint density at radius 2 is 1.35 bits per heavy atom. The van der Waals surface area contributed by atoms with Crippen molar-refractivity contribution in [1.29, 1.82) is 0 Å². The highest BCUT2D eigenvalue weighted by Crippen LogP contribution is 2.35. The molecule has 0 aliphatic rings. The van der Waals surface area contributed by atoms with Gasteiger partial charge in [-0.3, -0.25) is 4.55 Å². The lowest BCUT2D eigenvalue weighted by atomic mass is 10.0. The van der Waals surface area contributed by atoms with E-state index in [1.807, 2.05) is 18.2 Å². The van der Waals surface area contributed by atoms with E-state index < -0.39 is 20.8 Å². The lowest BCUT2D eigenvalue weighted by Gasteiger charge is -2.14. The Morgan fingerprint density at radius 3 is 1.90 bits per heavy atom. The Morgan fingerprint density at radius 1 is 0.806 bits per heavy atom. The van der Waals surface area contributed by atoms with E-state index in [1.54, 1.807) is 12.1 Å². The molecule has 172 valence electrons. The Kier molecular flexibility index (Phi) is 10.9. The second-order valence-electron chi connectivity index (χ2n) is 8.10. The minimum absolute atomic E-state index is 0.406. The molecule has 0 unspecified atom stereocenters. The largest absolute Gasteiger partial charge is 0.506 e. The van der Waals surface area contributed by atoms with Crippen molar-refractivity contribution in [3.63, 3.8) is 0 Å². The summed E-state index contributed by atoms with van der Waals surface area (Å²) in [5, 5.41) is 10.1. The number of rotatable bonds is 15. The lowest BCUT2D eigenvalue weighted by molar-refractivity contribution is 0.430. The Balaban J connectivity index is 1.88. The van der Waals surface area contributed by atoms with Crippen molar-refractivity contribution in [1.82, 2.24) is 0 Å². The van der Waals surface area contributed by atoms with Crippen LogP contribution in [0.4, 0.5) is 0 Å². The molecule has 0 atom stereocenters. The number of para-hydroxylation sites is 1. The fourth-order valence-electron chi connectivity index (χ4n) is 3.68. The maximum Gasteiger partial charge on any atom is 0.298 e. The van der Waals surface area contributed by atoms with Gasteiger partial charge in [-0.1, -0.05) is 89.3 Å². The van der Waals surface area contributed by atoms with Crippen LogP contribution in [-0.2, 0) is 16.5 Å². The van der Waals surface area contributed by atoms with E-state index in [1.165, 1.54) is 63.5 Å². The number of ether oxygens (including phenoxy) is 1. The molecule has 0 fully saturated rings. The first kappa shape index (κ1) is 25.2. The fourth-order valence-corrected chi connectivity index (χ4v) is 4.30. The molecule has 6 heteroatoms. The van der Waals surface area contributed by atoms with E-state index in [4.69, 9.17) is 4.74 Å². The van der Waals surface area contributed by atoms with Crippen LogP contribution in [0, 0.1) is 0 Å². The van der Waals surface area contributed by atoms with Crippen LogP contribution in [0.25, 0.3) is 0 Å². The molecule has 5 nitrogen and oxygen atoms in total. The molecule has 0 saturated heterocycles. The quantitative estimate of drug-likeness (QED) is 0.221. The molecule has 0 bridgehead atoms. The van der Waals surface area contributed by atoms with Crippen molar-refractivity contribution in [2.45, 2.75) is 88.9 Å². The standard InChI is InChI=1S/C25H36O5S/c1-2-3-4-5-6-7-8-9-10-11-13-16-21-19-25(31(27,28)29)23(26)20-24(21)30-22-17-14-12-15-18-22/h12,14-15,17-20,26H,2-11,13,16H2,1H3,(H,27,28,29). The predicted octanol–water partition coefficient (Wildman–Crippen LogP) is 7.28. The summed E-state index contributed by atoms with van der Waals surface area (Å²) in [4.78, 5) is -0.481. The first-order chi connectivity index (χ1) is 14.9. The second kappa shape index (κ2) is 13.4. The van der Waals surface area contributed by atoms with Gasteiger partial charge >= 0.3 is 0 Å². The zero-order valence-electron chi connectivity index (χ0n) is 18.6. The van der Waals surface area contributed by atoms with Crippen molar-refractivity contribution in [3.8, 4) is 17.2 Å². The van der Waals surface area contributed by atoms with E-state index in [0.717, 1.165) is 19.3 Å². The van der Waals surface area contributed by atoms with Gasteiger partial charge in [0.25, 0.3) is 10.1 Å². The van der Waals surface area contributed by atoms with Crippen molar-refractivity contribution in [2.24, 2.45) is 0 Å². The van der Waals surface area contributed by atoms with Gasteiger partial charge in [-0.25, -0.2) is 0 Å². The van der Waals surface area contributed by atoms with E-state index in [0.29, 0.717) is 23.5 Å². The van der Waals surface area contributed by atoms with Crippen LogP contribution < -0.4 is 4.74 Å². The Labute approximate surface area is 187 Å². The van der Waals surface area contributed by atoms with Crippen molar-refractivity contribution in [3.05, 3.63) is 48.0 Å². The SMILES string of the molecule is CCCCCCCCCCCCCc1cc(S(=O)(=O)O)c(O)cc1Oc1ccccc1. The molecule has 0 aromatic heterocycles. The molecule has 0 aliphatic heterocycles. The van der Waals surface area contributed by atoms with E-state index in [2.05, 4.69) is 6.92 Å². The van der Waals surface area contributed by atoms with Gasteiger partial charge in [0.15, 0.2) is 0 Å².